The lowest BCUT2D eigenvalue weighted by Crippen LogP contribution is -2.11. The molecule has 176 valence electrons. The summed E-state index contributed by atoms with van der Waals surface area (Å²) in [5.41, 5.74) is 2.87. The van der Waals surface area contributed by atoms with E-state index < -0.39 is 5.97 Å². The van der Waals surface area contributed by atoms with Crippen molar-refractivity contribution in [1.82, 2.24) is 9.72 Å². The highest BCUT2D eigenvalue weighted by Gasteiger charge is 2.20. The van der Waals surface area contributed by atoms with E-state index in [9.17, 15) is 9.18 Å². The standard InChI is InChI=1S/C25H24FN3O5/c1-4-11-33-27-22(24-13-21(28-34-24)16-5-7-17(26)8-6-16)15-29-14-20(25(30)32-3)19-10-9-18(31-2)12-23(19)29/h5-10,12-14H,4,11,15H2,1-3H3/b27-22+. The summed E-state index contributed by atoms with van der Waals surface area (Å²) in [5, 5.41) is 9.10. The molecule has 0 saturated carbocycles. The van der Waals surface area contributed by atoms with Crippen LogP contribution in [0.25, 0.3) is 22.2 Å². The number of nitrogens with zero attached hydrogens (tertiary/aromatic N) is 3. The van der Waals surface area contributed by atoms with Crippen molar-refractivity contribution in [2.24, 2.45) is 5.16 Å². The first kappa shape index (κ1) is 23.0. The number of carbonyl (C=O) groups is 1. The summed E-state index contributed by atoms with van der Waals surface area (Å²) in [6.45, 7) is 2.63. The van der Waals surface area contributed by atoms with E-state index in [2.05, 4.69) is 10.3 Å². The van der Waals surface area contributed by atoms with Crippen LogP contribution < -0.4 is 4.74 Å². The molecule has 0 aliphatic rings. The molecule has 2 heterocycles. The lowest BCUT2D eigenvalue weighted by atomic mass is 10.1. The maximum Gasteiger partial charge on any atom is 0.340 e. The molecule has 0 atom stereocenters. The van der Waals surface area contributed by atoms with Gasteiger partial charge in [-0.2, -0.15) is 0 Å². The number of hydrogen-bond donors (Lipinski definition) is 0. The molecule has 0 spiro atoms. The third-order valence-corrected chi connectivity index (χ3v) is 5.22. The van der Waals surface area contributed by atoms with E-state index in [1.54, 1.807) is 37.6 Å². The van der Waals surface area contributed by atoms with Crippen LogP contribution in [-0.2, 0) is 16.1 Å². The third kappa shape index (κ3) is 4.78. The Kier molecular flexibility index (Phi) is 6.91. The van der Waals surface area contributed by atoms with Crippen LogP contribution in [0.3, 0.4) is 0 Å². The molecule has 4 aromatic rings. The second kappa shape index (κ2) is 10.2. The first-order valence-electron chi connectivity index (χ1n) is 10.7. The maximum atomic E-state index is 13.3. The normalized spacial score (nSPS) is 11.6. The van der Waals surface area contributed by atoms with Gasteiger partial charge in [0, 0.05) is 29.3 Å². The van der Waals surface area contributed by atoms with E-state index in [4.69, 9.17) is 18.8 Å². The molecule has 2 aromatic heterocycles. The molecule has 0 N–H and O–H groups in total. The number of carbonyl (C=O) groups excluding carboxylic acids is 1. The number of methoxy groups -OCH3 is 2. The second-order valence-corrected chi connectivity index (χ2v) is 7.50. The first-order chi connectivity index (χ1) is 16.5. The number of ether oxygens (including phenoxy) is 2. The molecule has 0 aliphatic heterocycles. The summed E-state index contributed by atoms with van der Waals surface area (Å²) >= 11 is 0. The Morgan fingerprint density at radius 1 is 1.15 bits per heavy atom. The molecule has 0 fully saturated rings. The van der Waals surface area contributed by atoms with Crippen molar-refractivity contribution in [1.29, 1.82) is 0 Å². The highest BCUT2D eigenvalue weighted by Crippen LogP contribution is 2.27. The predicted octanol–water partition coefficient (Wildman–Crippen LogP) is 5.06. The topological polar surface area (TPSA) is 88.1 Å². The minimum absolute atomic E-state index is 0.225. The van der Waals surface area contributed by atoms with Gasteiger partial charge in [0.05, 0.1) is 31.8 Å². The molecular weight excluding hydrogens is 441 g/mol. The highest BCUT2D eigenvalue weighted by molar-refractivity contribution is 6.06. The zero-order valence-corrected chi connectivity index (χ0v) is 19.1. The summed E-state index contributed by atoms with van der Waals surface area (Å²) in [6.07, 6.45) is 2.48. The molecule has 34 heavy (non-hydrogen) atoms. The first-order valence-corrected chi connectivity index (χ1v) is 10.7. The Morgan fingerprint density at radius 3 is 2.65 bits per heavy atom. The Labute approximate surface area is 195 Å². The lowest BCUT2D eigenvalue weighted by molar-refractivity contribution is 0.0602. The molecule has 4 rings (SSSR count). The Hall–Kier alpha value is -4.14. The Morgan fingerprint density at radius 2 is 1.94 bits per heavy atom. The van der Waals surface area contributed by atoms with Gasteiger partial charge in [-0.25, -0.2) is 9.18 Å². The molecule has 0 aliphatic carbocycles. The molecule has 0 saturated heterocycles. The number of oxime groups is 1. The number of halogens is 1. The van der Waals surface area contributed by atoms with E-state index in [0.29, 0.717) is 46.0 Å². The van der Waals surface area contributed by atoms with Crippen molar-refractivity contribution >= 4 is 22.6 Å². The fourth-order valence-corrected chi connectivity index (χ4v) is 3.50. The van der Waals surface area contributed by atoms with Gasteiger partial charge in [0.15, 0.2) is 5.76 Å². The molecule has 0 unspecified atom stereocenters. The van der Waals surface area contributed by atoms with E-state index in [1.165, 1.54) is 19.2 Å². The zero-order chi connectivity index (χ0) is 24.1. The summed E-state index contributed by atoms with van der Waals surface area (Å²) in [4.78, 5) is 17.8. The largest absolute Gasteiger partial charge is 0.497 e. The van der Waals surface area contributed by atoms with Gasteiger partial charge in [-0.3, -0.25) is 0 Å². The van der Waals surface area contributed by atoms with Gasteiger partial charge in [-0.1, -0.05) is 17.2 Å². The number of benzene rings is 2. The molecule has 0 bridgehead atoms. The number of aromatic nitrogens is 2. The van der Waals surface area contributed by atoms with Gasteiger partial charge < -0.3 is 23.4 Å². The second-order valence-electron chi connectivity index (χ2n) is 7.50. The van der Waals surface area contributed by atoms with Crippen molar-refractivity contribution in [3.63, 3.8) is 0 Å². The third-order valence-electron chi connectivity index (χ3n) is 5.22. The molecule has 9 heteroatoms. The molecule has 0 amide bonds. The number of rotatable bonds is 9. The quantitative estimate of drug-likeness (QED) is 0.149. The summed E-state index contributed by atoms with van der Waals surface area (Å²) in [7, 11) is 2.92. The number of esters is 1. The van der Waals surface area contributed by atoms with Crippen LogP contribution in [0.5, 0.6) is 5.75 Å². The van der Waals surface area contributed by atoms with E-state index >= 15 is 0 Å². The summed E-state index contributed by atoms with van der Waals surface area (Å²) < 4.78 is 31.0. The van der Waals surface area contributed by atoms with Gasteiger partial charge in [-0.05, 0) is 42.8 Å². The molecular formula is C25H24FN3O5. The molecule has 0 radical (unpaired) electrons. The number of fused-ring (bicyclic) bond motifs is 1. The van der Waals surface area contributed by atoms with E-state index in [-0.39, 0.29) is 12.4 Å². The minimum Gasteiger partial charge on any atom is -0.497 e. The Balaban J connectivity index is 1.74. The fourth-order valence-electron chi connectivity index (χ4n) is 3.50. The molecule has 2 aromatic carbocycles. The maximum absolute atomic E-state index is 13.3. The van der Waals surface area contributed by atoms with Crippen LogP contribution >= 0.6 is 0 Å². The van der Waals surface area contributed by atoms with E-state index in [1.807, 2.05) is 23.6 Å². The van der Waals surface area contributed by atoms with Crippen LogP contribution in [0.4, 0.5) is 4.39 Å². The van der Waals surface area contributed by atoms with Crippen molar-refractivity contribution in [2.75, 3.05) is 20.8 Å². The fraction of sp³-hybridized carbons (Fsp3) is 0.240. The van der Waals surface area contributed by atoms with Crippen LogP contribution in [0.1, 0.15) is 29.5 Å². The zero-order valence-electron chi connectivity index (χ0n) is 19.1. The van der Waals surface area contributed by atoms with Gasteiger partial charge in [0.2, 0.25) is 0 Å². The highest BCUT2D eigenvalue weighted by atomic mass is 19.1. The van der Waals surface area contributed by atoms with Crippen molar-refractivity contribution in [3.8, 4) is 17.0 Å². The Bertz CT molecular complexity index is 1320. The van der Waals surface area contributed by atoms with Gasteiger partial charge in [0.25, 0.3) is 0 Å². The SMILES string of the molecule is CCCO/N=C(\Cn1cc(C(=O)OC)c2ccc(OC)cc21)c1cc(-c2ccc(F)cc2)no1. The average Bonchev–Trinajstić information content (AvgIpc) is 3.49. The van der Waals surface area contributed by atoms with Crippen LogP contribution in [0.15, 0.2) is 64.4 Å². The lowest BCUT2D eigenvalue weighted by Gasteiger charge is -2.08. The number of hydrogen-bond acceptors (Lipinski definition) is 7. The van der Waals surface area contributed by atoms with Crippen molar-refractivity contribution < 1.29 is 28.0 Å². The smallest absolute Gasteiger partial charge is 0.340 e. The summed E-state index contributed by atoms with van der Waals surface area (Å²) in [6, 6.07) is 13.1. The minimum atomic E-state index is -0.451. The summed E-state index contributed by atoms with van der Waals surface area (Å²) in [5.74, 6) is 0.244. The van der Waals surface area contributed by atoms with Crippen LogP contribution in [-0.4, -0.2) is 42.2 Å². The average molecular weight is 465 g/mol. The van der Waals surface area contributed by atoms with Crippen LogP contribution in [0, 0.1) is 5.82 Å². The predicted molar refractivity (Wildman–Crippen MR) is 125 cm³/mol. The van der Waals surface area contributed by atoms with Gasteiger partial charge in [-0.15, -0.1) is 0 Å². The van der Waals surface area contributed by atoms with Crippen LogP contribution in [0.2, 0.25) is 0 Å². The van der Waals surface area contributed by atoms with Gasteiger partial charge in [0.1, 0.15) is 29.6 Å². The van der Waals surface area contributed by atoms with Crippen molar-refractivity contribution in [2.45, 2.75) is 19.9 Å². The van der Waals surface area contributed by atoms with Crippen molar-refractivity contribution in [3.05, 3.63) is 71.9 Å². The van der Waals surface area contributed by atoms with E-state index in [0.717, 1.165) is 11.9 Å². The van der Waals surface area contributed by atoms with Gasteiger partial charge >= 0.3 is 5.97 Å². The molecule has 8 nitrogen and oxygen atoms in total. The monoisotopic (exact) mass is 465 g/mol.